The predicted octanol–water partition coefficient (Wildman–Crippen LogP) is 2.37. The summed E-state index contributed by atoms with van der Waals surface area (Å²) in [5.41, 5.74) is 1.46. The van der Waals surface area contributed by atoms with Crippen molar-refractivity contribution in [2.24, 2.45) is 5.92 Å². The highest BCUT2D eigenvalue weighted by atomic mass is 16.7. The third-order valence-electron chi connectivity index (χ3n) is 4.71. The molecule has 1 amide bonds. The van der Waals surface area contributed by atoms with Gasteiger partial charge in [0, 0.05) is 37.0 Å². The highest BCUT2D eigenvalue weighted by Crippen LogP contribution is 2.26. The maximum absolute atomic E-state index is 12.8. The monoisotopic (exact) mass is 339 g/mol. The molecule has 6 nitrogen and oxygen atoms in total. The van der Waals surface area contributed by atoms with Crippen molar-refractivity contribution in [3.63, 3.8) is 0 Å². The SMILES string of the molecule is O=C(c1cnc(-c2ccccc2)nc1)N1CCCC(C2OCCO2)C1. The standard InChI is InChI=1S/C19H21N3O3/c23-18(22-8-4-7-15(13-22)19-24-9-10-25-19)16-11-20-17(21-12-16)14-5-2-1-3-6-14/h1-3,5-6,11-12,15,19H,4,7-10,13H2. The molecule has 2 aliphatic heterocycles. The van der Waals surface area contributed by atoms with Crippen LogP contribution in [0.15, 0.2) is 42.7 Å². The Labute approximate surface area is 146 Å². The molecule has 2 fully saturated rings. The molecule has 2 aromatic rings. The second-order valence-corrected chi connectivity index (χ2v) is 6.42. The number of ether oxygens (including phenoxy) is 2. The highest BCUT2D eigenvalue weighted by molar-refractivity contribution is 5.93. The topological polar surface area (TPSA) is 64.6 Å². The zero-order chi connectivity index (χ0) is 17.1. The Morgan fingerprint density at radius 3 is 2.52 bits per heavy atom. The van der Waals surface area contributed by atoms with Crippen LogP contribution in [0.2, 0.25) is 0 Å². The van der Waals surface area contributed by atoms with Crippen molar-refractivity contribution >= 4 is 5.91 Å². The maximum Gasteiger partial charge on any atom is 0.257 e. The van der Waals surface area contributed by atoms with Crippen LogP contribution >= 0.6 is 0 Å². The number of hydrogen-bond acceptors (Lipinski definition) is 5. The van der Waals surface area contributed by atoms with E-state index in [1.807, 2.05) is 35.2 Å². The molecule has 1 atom stereocenters. The number of carbonyl (C=O) groups excluding carboxylic acids is 1. The molecule has 2 aliphatic rings. The van der Waals surface area contributed by atoms with Gasteiger partial charge in [0.1, 0.15) is 0 Å². The summed E-state index contributed by atoms with van der Waals surface area (Å²) in [6.07, 6.45) is 5.04. The minimum absolute atomic E-state index is 0.0256. The zero-order valence-electron chi connectivity index (χ0n) is 14.0. The van der Waals surface area contributed by atoms with Gasteiger partial charge in [-0.3, -0.25) is 4.79 Å². The molecular weight excluding hydrogens is 318 g/mol. The second-order valence-electron chi connectivity index (χ2n) is 6.42. The minimum atomic E-state index is -0.174. The van der Waals surface area contributed by atoms with Gasteiger partial charge in [-0.1, -0.05) is 30.3 Å². The molecule has 130 valence electrons. The van der Waals surface area contributed by atoms with Crippen LogP contribution in [0.25, 0.3) is 11.4 Å². The summed E-state index contributed by atoms with van der Waals surface area (Å²) in [6.45, 7) is 2.69. The molecule has 0 bridgehead atoms. The average molecular weight is 339 g/mol. The predicted molar refractivity (Wildman–Crippen MR) is 91.8 cm³/mol. The van der Waals surface area contributed by atoms with Crippen molar-refractivity contribution in [2.75, 3.05) is 26.3 Å². The molecule has 1 aromatic carbocycles. The summed E-state index contributed by atoms with van der Waals surface area (Å²) in [6, 6.07) is 9.74. The Kier molecular flexibility index (Phi) is 4.72. The van der Waals surface area contributed by atoms with Gasteiger partial charge in [-0.2, -0.15) is 0 Å². The lowest BCUT2D eigenvalue weighted by atomic mass is 9.97. The number of nitrogens with zero attached hydrogens (tertiary/aromatic N) is 3. The fraction of sp³-hybridized carbons (Fsp3) is 0.421. The number of likely N-dealkylation sites (tertiary alicyclic amines) is 1. The average Bonchev–Trinajstić information content (AvgIpc) is 3.23. The summed E-state index contributed by atoms with van der Waals surface area (Å²) >= 11 is 0. The Morgan fingerprint density at radius 1 is 1.08 bits per heavy atom. The third-order valence-corrected chi connectivity index (χ3v) is 4.71. The Hall–Kier alpha value is -2.31. The van der Waals surface area contributed by atoms with Gasteiger partial charge in [0.25, 0.3) is 5.91 Å². The van der Waals surface area contributed by atoms with Crippen molar-refractivity contribution < 1.29 is 14.3 Å². The summed E-state index contributed by atoms with van der Waals surface area (Å²) < 4.78 is 11.2. The molecule has 2 saturated heterocycles. The third kappa shape index (κ3) is 3.55. The van der Waals surface area contributed by atoms with Crippen molar-refractivity contribution in [1.29, 1.82) is 0 Å². The van der Waals surface area contributed by atoms with Gasteiger partial charge >= 0.3 is 0 Å². The highest BCUT2D eigenvalue weighted by Gasteiger charge is 2.33. The van der Waals surface area contributed by atoms with Crippen LogP contribution in [0.3, 0.4) is 0 Å². The molecule has 1 unspecified atom stereocenters. The molecule has 1 aromatic heterocycles. The van der Waals surface area contributed by atoms with Crippen molar-refractivity contribution in [2.45, 2.75) is 19.1 Å². The second kappa shape index (κ2) is 7.29. The van der Waals surface area contributed by atoms with Gasteiger partial charge in [0.05, 0.1) is 18.8 Å². The van der Waals surface area contributed by atoms with E-state index in [0.717, 1.165) is 24.9 Å². The van der Waals surface area contributed by atoms with Crippen molar-refractivity contribution in [3.8, 4) is 11.4 Å². The fourth-order valence-electron chi connectivity index (χ4n) is 3.42. The van der Waals surface area contributed by atoms with Crippen molar-refractivity contribution in [3.05, 3.63) is 48.3 Å². The first kappa shape index (κ1) is 16.2. The van der Waals surface area contributed by atoms with E-state index in [4.69, 9.17) is 9.47 Å². The van der Waals surface area contributed by atoms with E-state index in [-0.39, 0.29) is 18.1 Å². The van der Waals surface area contributed by atoms with E-state index < -0.39 is 0 Å². The van der Waals surface area contributed by atoms with E-state index in [1.54, 1.807) is 12.4 Å². The Balaban J connectivity index is 1.45. The molecular formula is C19H21N3O3. The Bertz CT molecular complexity index is 714. The van der Waals surface area contributed by atoms with Gasteiger partial charge in [0.15, 0.2) is 12.1 Å². The normalized spacial score (nSPS) is 21.4. The van der Waals surface area contributed by atoms with Crippen LogP contribution in [0.1, 0.15) is 23.2 Å². The van der Waals surface area contributed by atoms with E-state index in [2.05, 4.69) is 9.97 Å². The molecule has 0 radical (unpaired) electrons. The molecule has 0 N–H and O–H groups in total. The summed E-state index contributed by atoms with van der Waals surface area (Å²) in [5.74, 6) is 0.841. The molecule has 0 spiro atoms. The number of rotatable bonds is 3. The van der Waals surface area contributed by atoms with E-state index in [0.29, 0.717) is 31.1 Å². The molecule has 6 heteroatoms. The van der Waals surface area contributed by atoms with E-state index in [9.17, 15) is 4.79 Å². The number of amides is 1. The van der Waals surface area contributed by atoms with Gasteiger partial charge in [-0.15, -0.1) is 0 Å². The van der Waals surface area contributed by atoms with Gasteiger partial charge in [0.2, 0.25) is 0 Å². The van der Waals surface area contributed by atoms with E-state index in [1.165, 1.54) is 0 Å². The first-order valence-electron chi connectivity index (χ1n) is 8.71. The van der Waals surface area contributed by atoms with Crippen LogP contribution < -0.4 is 0 Å². The molecule has 4 rings (SSSR count). The molecule has 0 saturated carbocycles. The summed E-state index contributed by atoms with van der Waals surface area (Å²) in [4.78, 5) is 23.3. The quantitative estimate of drug-likeness (QED) is 0.859. The number of hydrogen-bond donors (Lipinski definition) is 0. The summed E-state index contributed by atoms with van der Waals surface area (Å²) in [5, 5.41) is 0. The number of aromatic nitrogens is 2. The van der Waals surface area contributed by atoms with E-state index >= 15 is 0 Å². The summed E-state index contributed by atoms with van der Waals surface area (Å²) in [7, 11) is 0. The minimum Gasteiger partial charge on any atom is -0.350 e. The molecule has 0 aliphatic carbocycles. The number of carbonyl (C=O) groups is 1. The van der Waals surface area contributed by atoms with Gasteiger partial charge in [-0.25, -0.2) is 9.97 Å². The van der Waals surface area contributed by atoms with Crippen LogP contribution in [0.5, 0.6) is 0 Å². The first-order chi connectivity index (χ1) is 12.3. The number of piperidine rings is 1. The first-order valence-corrected chi connectivity index (χ1v) is 8.71. The smallest absolute Gasteiger partial charge is 0.257 e. The number of benzene rings is 1. The Morgan fingerprint density at radius 2 is 1.80 bits per heavy atom. The lowest BCUT2D eigenvalue weighted by molar-refractivity contribution is -0.0969. The van der Waals surface area contributed by atoms with Crippen LogP contribution in [0.4, 0.5) is 0 Å². The lowest BCUT2D eigenvalue weighted by Crippen LogP contribution is -2.43. The lowest BCUT2D eigenvalue weighted by Gasteiger charge is -2.34. The zero-order valence-corrected chi connectivity index (χ0v) is 14.0. The largest absolute Gasteiger partial charge is 0.350 e. The van der Waals surface area contributed by atoms with Gasteiger partial charge in [-0.05, 0) is 12.8 Å². The van der Waals surface area contributed by atoms with Gasteiger partial charge < -0.3 is 14.4 Å². The van der Waals surface area contributed by atoms with Crippen LogP contribution in [-0.2, 0) is 9.47 Å². The molecule has 3 heterocycles. The fourth-order valence-corrected chi connectivity index (χ4v) is 3.42. The maximum atomic E-state index is 12.8. The van der Waals surface area contributed by atoms with Crippen LogP contribution in [-0.4, -0.2) is 53.4 Å². The van der Waals surface area contributed by atoms with Crippen molar-refractivity contribution in [1.82, 2.24) is 14.9 Å². The molecule has 25 heavy (non-hydrogen) atoms. The van der Waals surface area contributed by atoms with Crippen LogP contribution in [0, 0.1) is 5.92 Å².